The normalized spacial score (nSPS) is 11.1. The summed E-state index contributed by atoms with van der Waals surface area (Å²) in [5.41, 5.74) is 4.22. The first kappa shape index (κ1) is 26.6. The van der Waals surface area contributed by atoms with E-state index in [0.29, 0.717) is 16.9 Å². The van der Waals surface area contributed by atoms with Crippen molar-refractivity contribution in [2.75, 3.05) is 0 Å². The number of nitrogens with one attached hydrogen (secondary N) is 1. The van der Waals surface area contributed by atoms with Crippen LogP contribution < -0.4 is 0 Å². The lowest BCUT2D eigenvalue weighted by Gasteiger charge is -2.17. The maximum Gasteiger partial charge on any atom is 0.116 e. The molecule has 0 fully saturated rings. The molecular weight excluding hydrogens is 358 g/mol. The van der Waals surface area contributed by atoms with E-state index >= 15 is 0 Å². The van der Waals surface area contributed by atoms with Crippen molar-refractivity contribution >= 4 is 10.9 Å². The van der Waals surface area contributed by atoms with E-state index in [1.54, 1.807) is 18.2 Å². The predicted molar refractivity (Wildman–Crippen MR) is 128 cm³/mol. The second-order valence-electron chi connectivity index (χ2n) is 9.69. The van der Waals surface area contributed by atoms with Gasteiger partial charge in [0.05, 0.1) is 0 Å². The van der Waals surface area contributed by atoms with Gasteiger partial charge in [-0.3, -0.25) is 0 Å². The summed E-state index contributed by atoms with van der Waals surface area (Å²) in [6, 6.07) is 12.9. The molecule has 0 aliphatic heterocycles. The molecular formula is C26H41NO2. The average Bonchev–Trinajstić information content (AvgIpc) is 2.89. The number of rotatable bonds is 2. The van der Waals surface area contributed by atoms with Crippen molar-refractivity contribution in [1.29, 1.82) is 0 Å². The fourth-order valence-corrected chi connectivity index (χ4v) is 3.11. The van der Waals surface area contributed by atoms with Crippen LogP contribution in [-0.4, -0.2) is 15.2 Å². The second-order valence-corrected chi connectivity index (χ2v) is 9.69. The lowest BCUT2D eigenvalue weighted by atomic mass is 9.88. The third-order valence-corrected chi connectivity index (χ3v) is 4.14. The van der Waals surface area contributed by atoms with E-state index in [1.807, 2.05) is 30.5 Å². The van der Waals surface area contributed by atoms with Gasteiger partial charge in [-0.05, 0) is 65.1 Å². The van der Waals surface area contributed by atoms with Crippen molar-refractivity contribution in [3.05, 3.63) is 59.8 Å². The first-order chi connectivity index (χ1) is 12.4. The summed E-state index contributed by atoms with van der Waals surface area (Å²) < 4.78 is 0. The second kappa shape index (κ2) is 10.4. The van der Waals surface area contributed by atoms with Gasteiger partial charge in [0.15, 0.2) is 0 Å². The fourth-order valence-electron chi connectivity index (χ4n) is 3.11. The van der Waals surface area contributed by atoms with Crippen LogP contribution in [0.3, 0.4) is 0 Å². The quantitative estimate of drug-likeness (QED) is 0.413. The monoisotopic (exact) mass is 399 g/mol. The highest BCUT2D eigenvalue weighted by Gasteiger charge is 2.14. The van der Waals surface area contributed by atoms with Crippen LogP contribution in [0.15, 0.2) is 48.7 Å². The summed E-state index contributed by atoms with van der Waals surface area (Å²) in [7, 11) is 0. The van der Waals surface area contributed by atoms with Gasteiger partial charge in [-0.15, -0.1) is 0 Å². The third-order valence-electron chi connectivity index (χ3n) is 4.14. The number of aromatic nitrogens is 1. The Bertz CT molecular complexity index is 862. The van der Waals surface area contributed by atoms with Crippen molar-refractivity contribution in [2.24, 2.45) is 10.8 Å². The molecule has 0 atom stereocenters. The maximum atomic E-state index is 9.46. The van der Waals surface area contributed by atoms with Crippen LogP contribution in [-0.2, 0) is 12.8 Å². The minimum Gasteiger partial charge on any atom is -0.508 e. The topological polar surface area (TPSA) is 56.2 Å². The van der Waals surface area contributed by atoms with Crippen molar-refractivity contribution in [3.63, 3.8) is 0 Å². The number of aromatic amines is 1. The molecule has 0 aliphatic rings. The average molecular weight is 400 g/mol. The third kappa shape index (κ3) is 9.08. The van der Waals surface area contributed by atoms with E-state index in [4.69, 9.17) is 5.11 Å². The molecule has 3 nitrogen and oxygen atoms in total. The van der Waals surface area contributed by atoms with Gasteiger partial charge >= 0.3 is 0 Å². The molecule has 1 heterocycles. The number of hydrogen-bond acceptors (Lipinski definition) is 2. The van der Waals surface area contributed by atoms with E-state index in [1.165, 1.54) is 11.1 Å². The van der Waals surface area contributed by atoms with Crippen LogP contribution in [0.4, 0.5) is 0 Å². The zero-order valence-electron chi connectivity index (χ0n) is 17.4. The van der Waals surface area contributed by atoms with Crippen molar-refractivity contribution in [1.82, 2.24) is 4.98 Å². The molecule has 0 spiro atoms. The number of benzene rings is 2. The molecule has 0 amide bonds. The SMILES string of the molecule is C.C.CC(C)(C)Cc1c[nH]c2ccc(O)cc12.CC(C)(C)Cc1ccc(O)cc1. The van der Waals surface area contributed by atoms with Crippen LogP contribution in [0.1, 0.15) is 67.5 Å². The largest absolute Gasteiger partial charge is 0.508 e. The Balaban J connectivity index is 0.000000518. The molecule has 0 unspecified atom stereocenters. The number of phenolic OH excluding ortho intramolecular Hbond substituents is 2. The molecule has 0 aliphatic carbocycles. The highest BCUT2D eigenvalue weighted by molar-refractivity contribution is 5.84. The van der Waals surface area contributed by atoms with Gasteiger partial charge in [0.25, 0.3) is 0 Å². The van der Waals surface area contributed by atoms with Crippen LogP contribution >= 0.6 is 0 Å². The van der Waals surface area contributed by atoms with Gasteiger partial charge in [-0.2, -0.15) is 0 Å². The number of fused-ring (bicyclic) bond motifs is 1. The molecule has 0 bridgehead atoms. The van der Waals surface area contributed by atoms with Crippen molar-refractivity contribution in [2.45, 2.75) is 69.2 Å². The number of aromatic hydroxyl groups is 2. The minimum atomic E-state index is 0. The molecule has 2 aromatic carbocycles. The molecule has 1 aromatic heterocycles. The van der Waals surface area contributed by atoms with Crippen molar-refractivity contribution < 1.29 is 10.2 Å². The Morgan fingerprint density at radius 3 is 1.76 bits per heavy atom. The highest BCUT2D eigenvalue weighted by Crippen LogP contribution is 2.28. The van der Waals surface area contributed by atoms with E-state index in [0.717, 1.165) is 23.7 Å². The molecule has 162 valence electrons. The molecule has 3 heteroatoms. The minimum absolute atomic E-state index is 0. The molecule has 3 N–H and O–H groups in total. The van der Waals surface area contributed by atoms with Gasteiger partial charge in [-0.1, -0.05) is 68.5 Å². The van der Waals surface area contributed by atoms with Gasteiger partial charge in [0, 0.05) is 17.1 Å². The lowest BCUT2D eigenvalue weighted by Crippen LogP contribution is -2.08. The highest BCUT2D eigenvalue weighted by atomic mass is 16.3. The van der Waals surface area contributed by atoms with Crippen molar-refractivity contribution in [3.8, 4) is 11.5 Å². The molecule has 0 saturated carbocycles. The molecule has 3 rings (SSSR count). The van der Waals surface area contributed by atoms with Gasteiger partial charge in [-0.25, -0.2) is 0 Å². The smallest absolute Gasteiger partial charge is 0.116 e. The van der Waals surface area contributed by atoms with Crippen LogP contribution in [0.2, 0.25) is 0 Å². The molecule has 29 heavy (non-hydrogen) atoms. The summed E-state index contributed by atoms with van der Waals surface area (Å²) in [5, 5.41) is 19.6. The van der Waals surface area contributed by atoms with Gasteiger partial charge in [0.1, 0.15) is 11.5 Å². The van der Waals surface area contributed by atoms with E-state index in [9.17, 15) is 5.11 Å². The Kier molecular flexibility index (Phi) is 9.52. The summed E-state index contributed by atoms with van der Waals surface area (Å²) in [4.78, 5) is 3.23. The van der Waals surface area contributed by atoms with Gasteiger partial charge in [0.2, 0.25) is 0 Å². The first-order valence-electron chi connectivity index (χ1n) is 9.50. The van der Waals surface area contributed by atoms with E-state index < -0.39 is 0 Å². The summed E-state index contributed by atoms with van der Waals surface area (Å²) in [6.45, 7) is 13.3. The molecule has 0 saturated heterocycles. The number of hydrogen-bond donors (Lipinski definition) is 3. The fraction of sp³-hybridized carbons (Fsp3) is 0.462. The zero-order valence-corrected chi connectivity index (χ0v) is 17.4. The number of H-pyrrole nitrogens is 1. The Morgan fingerprint density at radius 1 is 0.724 bits per heavy atom. The lowest BCUT2D eigenvalue weighted by molar-refractivity contribution is 0.410. The molecule has 3 aromatic rings. The number of phenols is 2. The maximum absolute atomic E-state index is 9.46. The van der Waals surface area contributed by atoms with E-state index in [2.05, 4.69) is 46.5 Å². The Morgan fingerprint density at radius 2 is 1.24 bits per heavy atom. The zero-order chi connectivity index (χ0) is 20.2. The molecule has 0 radical (unpaired) electrons. The van der Waals surface area contributed by atoms with E-state index in [-0.39, 0.29) is 20.3 Å². The predicted octanol–water partition coefficient (Wildman–Crippen LogP) is 7.72. The van der Waals surface area contributed by atoms with Crippen LogP contribution in [0, 0.1) is 10.8 Å². The summed E-state index contributed by atoms with van der Waals surface area (Å²) in [6.07, 6.45) is 4.10. The summed E-state index contributed by atoms with van der Waals surface area (Å²) >= 11 is 0. The Labute approximate surface area is 177 Å². The standard InChI is InChI=1S/C13H17NO.C11H16O.2CH4/c1-13(2,3)7-9-8-14-12-5-4-10(15)6-11(9)12;1-11(2,3)8-9-4-6-10(12)7-5-9;;/h4-6,8,14-15H,7H2,1-3H3;4-7,12H,8H2,1-3H3;2*1H4. The first-order valence-corrected chi connectivity index (χ1v) is 9.50. The Hall–Kier alpha value is -2.42. The van der Waals surface area contributed by atoms with Crippen LogP contribution in [0.5, 0.6) is 11.5 Å². The van der Waals surface area contributed by atoms with Gasteiger partial charge < -0.3 is 15.2 Å². The van der Waals surface area contributed by atoms with Crippen LogP contribution in [0.25, 0.3) is 10.9 Å². The summed E-state index contributed by atoms with van der Waals surface area (Å²) in [5.74, 6) is 0.671.